The van der Waals surface area contributed by atoms with Crippen molar-refractivity contribution in [2.45, 2.75) is 32.5 Å². The summed E-state index contributed by atoms with van der Waals surface area (Å²) in [5, 5.41) is 2.68. The van der Waals surface area contributed by atoms with Crippen molar-refractivity contribution in [3.63, 3.8) is 0 Å². The highest BCUT2D eigenvalue weighted by atomic mass is 16.5. The van der Waals surface area contributed by atoms with Gasteiger partial charge in [-0.2, -0.15) is 0 Å². The van der Waals surface area contributed by atoms with E-state index in [0.29, 0.717) is 6.54 Å². The summed E-state index contributed by atoms with van der Waals surface area (Å²) in [6.07, 6.45) is 0. The zero-order chi connectivity index (χ0) is 14.5. The van der Waals surface area contributed by atoms with Gasteiger partial charge in [0.1, 0.15) is 12.6 Å². The predicted octanol–water partition coefficient (Wildman–Crippen LogP) is 0.939. The van der Waals surface area contributed by atoms with Crippen LogP contribution in [0.3, 0.4) is 0 Å². The van der Waals surface area contributed by atoms with Crippen LogP contribution in [-0.4, -0.2) is 42.0 Å². The molecule has 0 aromatic heterocycles. The van der Waals surface area contributed by atoms with Crippen LogP contribution in [0.2, 0.25) is 0 Å². The van der Waals surface area contributed by atoms with Crippen molar-refractivity contribution in [1.82, 2.24) is 10.2 Å². The summed E-state index contributed by atoms with van der Waals surface area (Å²) in [6, 6.07) is 9.29. The lowest BCUT2D eigenvalue weighted by molar-refractivity contribution is -0.145. The molecule has 1 N–H and O–H groups in total. The molecule has 5 nitrogen and oxygen atoms in total. The first-order chi connectivity index (χ1) is 9.58. The zero-order valence-electron chi connectivity index (χ0n) is 11.8. The summed E-state index contributed by atoms with van der Waals surface area (Å²) in [4.78, 5) is 25.6. The van der Waals surface area contributed by atoms with E-state index in [1.807, 2.05) is 44.2 Å². The first-order valence-electron chi connectivity index (χ1n) is 6.79. The maximum absolute atomic E-state index is 12.5. The van der Waals surface area contributed by atoms with Gasteiger partial charge >= 0.3 is 0 Å². The maximum atomic E-state index is 12.5. The lowest BCUT2D eigenvalue weighted by Gasteiger charge is -2.32. The molecule has 5 heteroatoms. The normalized spacial score (nSPS) is 18.8. The van der Waals surface area contributed by atoms with Crippen molar-refractivity contribution in [3.05, 3.63) is 35.9 Å². The average Bonchev–Trinajstić information content (AvgIpc) is 2.45. The van der Waals surface area contributed by atoms with E-state index in [4.69, 9.17) is 4.74 Å². The van der Waals surface area contributed by atoms with Crippen molar-refractivity contribution in [1.29, 1.82) is 0 Å². The lowest BCUT2D eigenvalue weighted by Crippen LogP contribution is -2.55. The number of morpholine rings is 1. The summed E-state index contributed by atoms with van der Waals surface area (Å²) in [6.45, 7) is 4.73. The van der Waals surface area contributed by atoms with Gasteiger partial charge in [0.25, 0.3) is 0 Å². The molecule has 1 atom stereocenters. The van der Waals surface area contributed by atoms with E-state index in [9.17, 15) is 9.59 Å². The van der Waals surface area contributed by atoms with Crippen LogP contribution in [0.4, 0.5) is 0 Å². The molecule has 0 saturated carbocycles. The highest BCUT2D eigenvalue weighted by molar-refractivity contribution is 5.89. The second-order valence-electron chi connectivity index (χ2n) is 5.18. The van der Waals surface area contributed by atoms with Gasteiger partial charge < -0.3 is 15.0 Å². The molecule has 1 aromatic rings. The van der Waals surface area contributed by atoms with E-state index in [1.165, 1.54) is 0 Å². The Morgan fingerprint density at radius 1 is 1.40 bits per heavy atom. The van der Waals surface area contributed by atoms with Crippen LogP contribution in [-0.2, 0) is 20.9 Å². The number of hydrogen-bond acceptors (Lipinski definition) is 3. The molecule has 1 aliphatic heterocycles. The number of nitrogens with zero attached hydrogens (tertiary/aromatic N) is 1. The third-order valence-corrected chi connectivity index (χ3v) is 3.25. The second kappa shape index (κ2) is 6.52. The molecule has 20 heavy (non-hydrogen) atoms. The average molecular weight is 276 g/mol. The first-order valence-corrected chi connectivity index (χ1v) is 6.79. The summed E-state index contributed by atoms with van der Waals surface area (Å²) in [7, 11) is 0. The summed E-state index contributed by atoms with van der Waals surface area (Å²) >= 11 is 0. The lowest BCUT2D eigenvalue weighted by atomic mass is 10.1. The Labute approximate surface area is 118 Å². The van der Waals surface area contributed by atoms with Gasteiger partial charge in [0.15, 0.2) is 0 Å². The Balaban J connectivity index is 2.08. The maximum Gasteiger partial charge on any atom is 0.248 e. The van der Waals surface area contributed by atoms with Gasteiger partial charge in [0, 0.05) is 12.6 Å². The molecule has 108 valence electrons. The third-order valence-electron chi connectivity index (χ3n) is 3.25. The molecule has 1 fully saturated rings. The number of carbonyl (C=O) groups excluding carboxylic acids is 2. The molecule has 1 aliphatic rings. The Hall–Kier alpha value is -1.88. The zero-order valence-corrected chi connectivity index (χ0v) is 11.8. The molecule has 1 saturated heterocycles. The van der Waals surface area contributed by atoms with E-state index in [-0.39, 0.29) is 31.1 Å². The van der Waals surface area contributed by atoms with Crippen LogP contribution in [0, 0.1) is 0 Å². The quantitative estimate of drug-likeness (QED) is 0.890. The van der Waals surface area contributed by atoms with Crippen LogP contribution < -0.4 is 5.32 Å². The Morgan fingerprint density at radius 2 is 2.10 bits per heavy atom. The van der Waals surface area contributed by atoms with E-state index >= 15 is 0 Å². The van der Waals surface area contributed by atoms with Crippen molar-refractivity contribution < 1.29 is 14.3 Å². The van der Waals surface area contributed by atoms with Gasteiger partial charge in [-0.3, -0.25) is 9.59 Å². The van der Waals surface area contributed by atoms with Gasteiger partial charge in [-0.1, -0.05) is 30.3 Å². The standard InChI is InChI=1S/C15H20N2O3/c1-11(2)17(8-12-6-4-3-5-7-12)15(19)13-9-20-10-14(18)16-13/h3-7,11,13H,8-10H2,1-2H3,(H,16,18). The van der Waals surface area contributed by atoms with Crippen molar-refractivity contribution in [3.8, 4) is 0 Å². The minimum absolute atomic E-state index is 0.0319. The SMILES string of the molecule is CC(C)N(Cc1ccccc1)C(=O)C1COCC(=O)N1. The van der Waals surface area contributed by atoms with Crippen LogP contribution >= 0.6 is 0 Å². The number of amides is 2. The van der Waals surface area contributed by atoms with Gasteiger partial charge in [-0.25, -0.2) is 0 Å². The molecule has 1 heterocycles. The number of nitrogens with one attached hydrogen (secondary N) is 1. The van der Waals surface area contributed by atoms with Gasteiger partial charge in [-0.05, 0) is 19.4 Å². The Bertz CT molecular complexity index is 473. The monoisotopic (exact) mass is 276 g/mol. The molecular weight excluding hydrogens is 256 g/mol. The van der Waals surface area contributed by atoms with Crippen molar-refractivity contribution in [2.75, 3.05) is 13.2 Å². The highest BCUT2D eigenvalue weighted by Gasteiger charge is 2.30. The second-order valence-corrected chi connectivity index (χ2v) is 5.18. The summed E-state index contributed by atoms with van der Waals surface area (Å²) in [5.74, 6) is -0.338. The minimum atomic E-state index is -0.581. The molecule has 0 aliphatic carbocycles. The number of carbonyl (C=O) groups is 2. The molecule has 2 amide bonds. The Kier molecular flexibility index (Phi) is 4.74. The molecule has 2 rings (SSSR count). The highest BCUT2D eigenvalue weighted by Crippen LogP contribution is 2.11. The van der Waals surface area contributed by atoms with Crippen LogP contribution in [0.25, 0.3) is 0 Å². The summed E-state index contributed by atoms with van der Waals surface area (Å²) < 4.78 is 5.14. The molecule has 0 bridgehead atoms. The number of benzene rings is 1. The van der Waals surface area contributed by atoms with Gasteiger partial charge in [-0.15, -0.1) is 0 Å². The van der Waals surface area contributed by atoms with Crippen LogP contribution in [0.1, 0.15) is 19.4 Å². The number of hydrogen-bond donors (Lipinski definition) is 1. The fourth-order valence-electron chi connectivity index (χ4n) is 2.18. The molecule has 0 radical (unpaired) electrons. The van der Waals surface area contributed by atoms with Crippen molar-refractivity contribution >= 4 is 11.8 Å². The molecule has 1 aromatic carbocycles. The smallest absolute Gasteiger partial charge is 0.248 e. The van der Waals surface area contributed by atoms with E-state index in [0.717, 1.165) is 5.56 Å². The topological polar surface area (TPSA) is 58.6 Å². The predicted molar refractivity (Wildman–Crippen MR) is 74.9 cm³/mol. The molecular formula is C15H20N2O3. The number of rotatable bonds is 4. The van der Waals surface area contributed by atoms with E-state index in [2.05, 4.69) is 5.32 Å². The van der Waals surface area contributed by atoms with E-state index in [1.54, 1.807) is 4.90 Å². The fourth-order valence-corrected chi connectivity index (χ4v) is 2.18. The Morgan fingerprint density at radius 3 is 2.70 bits per heavy atom. The van der Waals surface area contributed by atoms with Gasteiger partial charge in [0.2, 0.25) is 11.8 Å². The largest absolute Gasteiger partial charge is 0.369 e. The number of ether oxygens (including phenoxy) is 1. The van der Waals surface area contributed by atoms with Crippen LogP contribution in [0.15, 0.2) is 30.3 Å². The van der Waals surface area contributed by atoms with Crippen LogP contribution in [0.5, 0.6) is 0 Å². The minimum Gasteiger partial charge on any atom is -0.369 e. The molecule has 0 spiro atoms. The van der Waals surface area contributed by atoms with Gasteiger partial charge in [0.05, 0.1) is 6.61 Å². The van der Waals surface area contributed by atoms with E-state index < -0.39 is 6.04 Å². The van der Waals surface area contributed by atoms with Crippen molar-refractivity contribution in [2.24, 2.45) is 0 Å². The summed E-state index contributed by atoms with van der Waals surface area (Å²) in [5.41, 5.74) is 1.07. The fraction of sp³-hybridized carbons (Fsp3) is 0.467. The molecule has 1 unspecified atom stereocenters. The first kappa shape index (κ1) is 14.5. The third kappa shape index (κ3) is 3.57.